The molecule has 35 heavy (non-hydrogen) atoms. The van der Waals surface area contributed by atoms with Gasteiger partial charge in [-0.25, -0.2) is 12.7 Å². The first-order valence-corrected chi connectivity index (χ1v) is 12.9. The second-order valence-electron chi connectivity index (χ2n) is 8.78. The summed E-state index contributed by atoms with van der Waals surface area (Å²) in [6.45, 7) is 9.18. The van der Waals surface area contributed by atoms with Gasteiger partial charge in [-0.1, -0.05) is 49.3 Å². The van der Waals surface area contributed by atoms with E-state index in [0.29, 0.717) is 34.1 Å². The molecule has 0 aliphatic heterocycles. The van der Waals surface area contributed by atoms with Crippen molar-refractivity contribution in [1.29, 1.82) is 0 Å². The highest BCUT2D eigenvalue weighted by Gasteiger charge is 2.33. The first-order valence-electron chi connectivity index (χ1n) is 11.5. The van der Waals surface area contributed by atoms with Gasteiger partial charge in [0.1, 0.15) is 12.5 Å². The summed E-state index contributed by atoms with van der Waals surface area (Å²) in [5, 5.41) is 3.94. The Balaban J connectivity index is 2.14. The van der Waals surface area contributed by atoms with Crippen molar-refractivity contribution in [3.63, 3.8) is 0 Å². The fourth-order valence-electron chi connectivity index (χ4n) is 3.70. The van der Waals surface area contributed by atoms with Gasteiger partial charge >= 0.3 is 0 Å². The normalized spacial score (nSPS) is 12.7. The first-order chi connectivity index (χ1) is 16.6. The molecule has 1 heterocycles. The number of ether oxygens (including phenoxy) is 3. The van der Waals surface area contributed by atoms with Crippen LogP contribution >= 0.6 is 0 Å². The van der Waals surface area contributed by atoms with Crippen molar-refractivity contribution in [2.75, 3.05) is 25.3 Å². The van der Waals surface area contributed by atoms with E-state index in [-0.39, 0.29) is 17.5 Å². The number of aromatic nitrogens is 1. The zero-order valence-corrected chi connectivity index (χ0v) is 22.2. The number of methoxy groups -OCH3 is 2. The molecule has 0 amide bonds. The summed E-state index contributed by atoms with van der Waals surface area (Å²) in [4.78, 5) is 0.0945. The van der Waals surface area contributed by atoms with E-state index in [1.54, 1.807) is 52.1 Å². The van der Waals surface area contributed by atoms with Gasteiger partial charge < -0.3 is 18.7 Å². The van der Waals surface area contributed by atoms with Crippen LogP contribution in [0.4, 0.5) is 5.88 Å². The Morgan fingerprint density at radius 2 is 1.74 bits per heavy atom. The summed E-state index contributed by atoms with van der Waals surface area (Å²) in [6, 6.07) is 12.7. The van der Waals surface area contributed by atoms with Crippen molar-refractivity contribution in [2.45, 2.75) is 52.2 Å². The van der Waals surface area contributed by atoms with Gasteiger partial charge in [-0.05, 0) is 50.8 Å². The van der Waals surface area contributed by atoms with Crippen LogP contribution in [0.15, 0.2) is 51.9 Å². The topological polar surface area (TPSA) is 91.1 Å². The molecular formula is C26H34N2O6S. The summed E-state index contributed by atoms with van der Waals surface area (Å²) < 4.78 is 51.1. The maximum absolute atomic E-state index is 14.1. The largest absolute Gasteiger partial charge is 0.496 e. The summed E-state index contributed by atoms with van der Waals surface area (Å²) in [5.41, 5.74) is 3.51. The predicted molar refractivity (Wildman–Crippen MR) is 135 cm³/mol. The molecule has 0 bridgehead atoms. The Labute approximate surface area is 207 Å². The minimum absolute atomic E-state index is 0.0945. The van der Waals surface area contributed by atoms with Crippen LogP contribution in [0.2, 0.25) is 0 Å². The lowest BCUT2D eigenvalue weighted by atomic mass is 9.98. The third-order valence-electron chi connectivity index (χ3n) is 5.77. The van der Waals surface area contributed by atoms with E-state index in [1.165, 1.54) is 7.11 Å². The lowest BCUT2D eigenvalue weighted by Crippen LogP contribution is -2.35. The van der Waals surface area contributed by atoms with Crippen molar-refractivity contribution in [1.82, 2.24) is 5.16 Å². The van der Waals surface area contributed by atoms with E-state index in [1.807, 2.05) is 18.2 Å². The van der Waals surface area contributed by atoms with Gasteiger partial charge in [0.25, 0.3) is 10.0 Å². The molecule has 0 spiro atoms. The molecule has 3 rings (SSSR count). The molecule has 2 aromatic carbocycles. The number of aryl methyl sites for hydroxylation is 1. The van der Waals surface area contributed by atoms with E-state index in [4.69, 9.17) is 18.7 Å². The van der Waals surface area contributed by atoms with Gasteiger partial charge in [0.15, 0.2) is 6.29 Å². The second kappa shape index (κ2) is 11.2. The maximum atomic E-state index is 14.1. The minimum Gasteiger partial charge on any atom is -0.496 e. The van der Waals surface area contributed by atoms with Gasteiger partial charge in [0, 0.05) is 23.8 Å². The van der Waals surface area contributed by atoms with Crippen molar-refractivity contribution in [3.8, 4) is 16.9 Å². The van der Waals surface area contributed by atoms with Crippen molar-refractivity contribution in [2.24, 2.45) is 5.92 Å². The number of hydrogen-bond acceptors (Lipinski definition) is 7. The Morgan fingerprint density at radius 1 is 1.03 bits per heavy atom. The van der Waals surface area contributed by atoms with Crippen LogP contribution in [0.25, 0.3) is 11.1 Å². The second-order valence-corrected chi connectivity index (χ2v) is 10.6. The van der Waals surface area contributed by atoms with Crippen LogP contribution in [-0.2, 0) is 25.9 Å². The van der Waals surface area contributed by atoms with Gasteiger partial charge in [-0.15, -0.1) is 0 Å². The van der Waals surface area contributed by atoms with Crippen LogP contribution < -0.4 is 9.04 Å². The molecule has 1 unspecified atom stereocenters. The van der Waals surface area contributed by atoms with Crippen molar-refractivity contribution in [3.05, 3.63) is 59.3 Å². The number of rotatable bonds is 11. The Morgan fingerprint density at radius 3 is 2.34 bits per heavy atom. The highest BCUT2D eigenvalue weighted by molar-refractivity contribution is 7.93. The van der Waals surface area contributed by atoms with Crippen LogP contribution in [0, 0.1) is 19.8 Å². The number of anilines is 1. The number of sulfonamides is 1. The molecule has 0 saturated heterocycles. The van der Waals surface area contributed by atoms with Crippen LogP contribution in [0.5, 0.6) is 5.75 Å². The fourth-order valence-corrected chi connectivity index (χ4v) is 5.24. The van der Waals surface area contributed by atoms with Gasteiger partial charge in [-0.2, -0.15) is 0 Å². The predicted octanol–water partition coefficient (Wildman–Crippen LogP) is 5.33. The minimum atomic E-state index is -4.14. The van der Waals surface area contributed by atoms with E-state index in [0.717, 1.165) is 16.3 Å². The third kappa shape index (κ3) is 5.86. The monoisotopic (exact) mass is 502 g/mol. The fraction of sp³-hybridized carbons (Fsp3) is 0.423. The van der Waals surface area contributed by atoms with E-state index < -0.39 is 16.3 Å². The summed E-state index contributed by atoms with van der Waals surface area (Å²) in [6.07, 6.45) is 0.268. The molecule has 9 heteroatoms. The van der Waals surface area contributed by atoms with Crippen molar-refractivity contribution < 1.29 is 27.2 Å². The molecule has 0 radical (unpaired) electrons. The molecule has 0 N–H and O–H groups in total. The lowest BCUT2D eigenvalue weighted by molar-refractivity contribution is -0.108. The standard InChI is InChI=1S/C26H34N2O6S/c1-17(2)14-21-12-13-22(24(15-21)32-7)23-10-8-9-11-25(23)35(29,30)28(16-33-20(5)31-6)26-18(3)19(4)27-34-26/h8-13,15,17,20H,14,16H2,1-7H3. The van der Waals surface area contributed by atoms with Gasteiger partial charge in [-0.3, -0.25) is 0 Å². The van der Waals surface area contributed by atoms with Crippen LogP contribution in [-0.4, -0.2) is 40.8 Å². The summed E-state index contributed by atoms with van der Waals surface area (Å²) in [7, 11) is -1.07. The average molecular weight is 503 g/mol. The van der Waals surface area contributed by atoms with Crippen molar-refractivity contribution >= 4 is 15.9 Å². The zero-order valence-electron chi connectivity index (χ0n) is 21.4. The highest BCUT2D eigenvalue weighted by atomic mass is 32.2. The van der Waals surface area contributed by atoms with Crippen LogP contribution in [0.1, 0.15) is 37.6 Å². The molecule has 0 fully saturated rings. The molecule has 0 aliphatic rings. The van der Waals surface area contributed by atoms with Gasteiger partial charge in [0.2, 0.25) is 5.88 Å². The van der Waals surface area contributed by atoms with E-state index in [9.17, 15) is 8.42 Å². The quantitative estimate of drug-likeness (QED) is 0.327. The number of hydrogen-bond donors (Lipinski definition) is 0. The molecule has 0 aliphatic carbocycles. The smallest absolute Gasteiger partial charge is 0.269 e. The molecule has 1 aromatic heterocycles. The SMILES string of the molecule is COc1cc(CC(C)C)ccc1-c1ccccc1S(=O)(=O)N(COC(C)OC)c1onc(C)c1C. The maximum Gasteiger partial charge on any atom is 0.269 e. The molecule has 0 saturated carbocycles. The molecule has 190 valence electrons. The van der Waals surface area contributed by atoms with E-state index >= 15 is 0 Å². The lowest BCUT2D eigenvalue weighted by Gasteiger charge is -2.25. The molecular weight excluding hydrogens is 468 g/mol. The average Bonchev–Trinajstić information content (AvgIpc) is 3.16. The molecule has 1 atom stereocenters. The third-order valence-corrected chi connectivity index (χ3v) is 7.54. The first kappa shape index (κ1) is 26.7. The van der Waals surface area contributed by atoms with Crippen LogP contribution in [0.3, 0.4) is 0 Å². The number of nitrogens with zero attached hydrogens (tertiary/aromatic N) is 2. The Bertz CT molecular complexity index is 1250. The summed E-state index contributed by atoms with van der Waals surface area (Å²) >= 11 is 0. The van der Waals surface area contributed by atoms with E-state index in [2.05, 4.69) is 19.0 Å². The Kier molecular flexibility index (Phi) is 8.58. The Hall–Kier alpha value is -2.88. The summed E-state index contributed by atoms with van der Waals surface area (Å²) in [5.74, 6) is 1.18. The van der Waals surface area contributed by atoms with Gasteiger partial charge in [0.05, 0.1) is 17.7 Å². The number of benzene rings is 2. The molecule has 8 nitrogen and oxygen atoms in total. The molecule has 3 aromatic rings. The zero-order chi connectivity index (χ0) is 25.8. The highest BCUT2D eigenvalue weighted by Crippen LogP contribution is 2.38.